The lowest BCUT2D eigenvalue weighted by molar-refractivity contribution is 0.415. The van der Waals surface area contributed by atoms with E-state index in [0.29, 0.717) is 0 Å². The van der Waals surface area contributed by atoms with Crippen molar-refractivity contribution in [3.05, 3.63) is 52.3 Å². The second kappa shape index (κ2) is 5.36. The Morgan fingerprint density at radius 2 is 1.95 bits per heavy atom. The van der Waals surface area contributed by atoms with Crippen LogP contribution in [0, 0.1) is 3.57 Å². The van der Waals surface area contributed by atoms with Gasteiger partial charge in [-0.2, -0.15) is 0 Å². The lowest BCUT2D eigenvalue weighted by Crippen LogP contribution is -2.10. The summed E-state index contributed by atoms with van der Waals surface area (Å²) < 4.78 is 12.3. The first-order valence-corrected chi connectivity index (χ1v) is 7.32. The highest BCUT2D eigenvalue weighted by atomic mass is 127. The molecule has 102 valence electrons. The molecular weight excluding hydrogens is 365 g/mol. The summed E-state index contributed by atoms with van der Waals surface area (Å²) in [5.41, 5.74) is 0.986. The summed E-state index contributed by atoms with van der Waals surface area (Å²) in [5, 5.41) is 2.19. The monoisotopic (exact) mass is 379 g/mol. The average Bonchev–Trinajstić information content (AvgIpc) is 2.90. The third kappa shape index (κ3) is 2.24. The normalized spacial score (nSPS) is 10.8. The second-order valence-corrected chi connectivity index (χ2v) is 5.75. The number of rotatable bonds is 3. The minimum atomic E-state index is 0.820. The molecular formula is C16H14INO2. The van der Waals surface area contributed by atoms with Crippen LogP contribution in [0.5, 0.6) is 5.75 Å². The Bertz CT molecular complexity index is 751. The van der Waals surface area contributed by atoms with E-state index in [0.717, 1.165) is 31.7 Å². The molecule has 0 saturated carbocycles. The van der Waals surface area contributed by atoms with Gasteiger partial charge in [0.2, 0.25) is 5.88 Å². The van der Waals surface area contributed by atoms with Crippen LogP contribution in [0.2, 0.25) is 0 Å². The van der Waals surface area contributed by atoms with Crippen LogP contribution in [-0.2, 0) is 0 Å². The summed E-state index contributed by atoms with van der Waals surface area (Å²) in [5.74, 6) is 1.65. The quantitative estimate of drug-likeness (QED) is 0.611. The van der Waals surface area contributed by atoms with E-state index in [1.54, 1.807) is 13.4 Å². The Morgan fingerprint density at radius 1 is 1.15 bits per heavy atom. The largest absolute Gasteiger partial charge is 0.495 e. The van der Waals surface area contributed by atoms with E-state index in [9.17, 15) is 0 Å². The third-order valence-corrected chi connectivity index (χ3v) is 3.97. The van der Waals surface area contributed by atoms with Gasteiger partial charge in [0.25, 0.3) is 0 Å². The predicted octanol–water partition coefficient (Wildman–Crippen LogP) is 4.81. The maximum Gasteiger partial charge on any atom is 0.207 e. The van der Waals surface area contributed by atoms with Crippen LogP contribution in [0.4, 0.5) is 11.6 Å². The summed E-state index contributed by atoms with van der Waals surface area (Å²) >= 11 is 2.29. The average molecular weight is 379 g/mol. The Balaban J connectivity index is 2.13. The number of benzene rings is 2. The summed E-state index contributed by atoms with van der Waals surface area (Å²) in [6.07, 6.45) is 1.78. The van der Waals surface area contributed by atoms with Crippen molar-refractivity contribution in [2.45, 2.75) is 0 Å². The lowest BCUT2D eigenvalue weighted by atomic mass is 10.2. The standard InChI is InChI=1S/C16H14INO2/c1-18(14-9-12(17)7-8-15(14)19-2)16-13-6-4-3-5-11(13)10-20-16/h3-10H,1-2H3. The number of anilines is 2. The number of methoxy groups -OCH3 is 1. The molecule has 1 heterocycles. The van der Waals surface area contributed by atoms with Crippen molar-refractivity contribution in [2.24, 2.45) is 0 Å². The zero-order chi connectivity index (χ0) is 14.1. The van der Waals surface area contributed by atoms with E-state index in [1.807, 2.05) is 42.3 Å². The first-order valence-electron chi connectivity index (χ1n) is 6.24. The van der Waals surface area contributed by atoms with Gasteiger partial charge in [0.05, 0.1) is 12.8 Å². The van der Waals surface area contributed by atoms with Gasteiger partial charge in [-0.1, -0.05) is 18.2 Å². The topological polar surface area (TPSA) is 25.6 Å². The minimum absolute atomic E-state index is 0.820. The van der Waals surface area contributed by atoms with Crippen molar-refractivity contribution < 1.29 is 9.15 Å². The van der Waals surface area contributed by atoms with E-state index >= 15 is 0 Å². The van der Waals surface area contributed by atoms with Gasteiger partial charge in [-0.25, -0.2) is 0 Å². The molecule has 1 aromatic heterocycles. The maximum absolute atomic E-state index is 5.74. The molecule has 0 aliphatic heterocycles. The number of nitrogens with zero attached hydrogens (tertiary/aromatic N) is 1. The summed E-state index contributed by atoms with van der Waals surface area (Å²) in [7, 11) is 3.67. The second-order valence-electron chi connectivity index (χ2n) is 4.50. The van der Waals surface area contributed by atoms with Crippen LogP contribution in [-0.4, -0.2) is 14.2 Å². The molecule has 0 amide bonds. The molecule has 0 unspecified atom stereocenters. The van der Waals surface area contributed by atoms with Crippen LogP contribution in [0.25, 0.3) is 10.8 Å². The third-order valence-electron chi connectivity index (χ3n) is 3.30. The van der Waals surface area contributed by atoms with Crippen molar-refractivity contribution in [1.29, 1.82) is 0 Å². The molecule has 2 aromatic carbocycles. The van der Waals surface area contributed by atoms with Crippen molar-refractivity contribution in [2.75, 3.05) is 19.1 Å². The molecule has 20 heavy (non-hydrogen) atoms. The van der Waals surface area contributed by atoms with Gasteiger partial charge >= 0.3 is 0 Å². The molecule has 0 atom stereocenters. The molecule has 0 bridgehead atoms. The minimum Gasteiger partial charge on any atom is -0.495 e. The summed E-state index contributed by atoms with van der Waals surface area (Å²) in [6.45, 7) is 0. The zero-order valence-electron chi connectivity index (χ0n) is 11.3. The number of furan rings is 1. The number of hydrogen-bond donors (Lipinski definition) is 0. The molecule has 3 nitrogen and oxygen atoms in total. The number of ether oxygens (including phenoxy) is 1. The molecule has 3 aromatic rings. The van der Waals surface area contributed by atoms with E-state index < -0.39 is 0 Å². The molecule has 0 N–H and O–H groups in total. The summed E-state index contributed by atoms with van der Waals surface area (Å²) in [6, 6.07) is 14.2. The Hall–Kier alpha value is -1.69. The molecule has 0 saturated heterocycles. The highest BCUT2D eigenvalue weighted by molar-refractivity contribution is 14.1. The summed E-state index contributed by atoms with van der Waals surface area (Å²) in [4.78, 5) is 2.02. The first kappa shape index (κ1) is 13.3. The van der Waals surface area contributed by atoms with Crippen molar-refractivity contribution in [1.82, 2.24) is 0 Å². The van der Waals surface area contributed by atoms with E-state index in [-0.39, 0.29) is 0 Å². The molecule has 0 spiro atoms. The highest BCUT2D eigenvalue weighted by Gasteiger charge is 2.16. The number of fused-ring (bicyclic) bond motifs is 1. The SMILES string of the molecule is COc1ccc(I)cc1N(C)c1occ2ccccc12. The van der Waals surface area contributed by atoms with Crippen molar-refractivity contribution >= 4 is 44.9 Å². The molecule has 0 aliphatic carbocycles. The number of hydrogen-bond acceptors (Lipinski definition) is 3. The van der Waals surface area contributed by atoms with Crippen molar-refractivity contribution in [3.8, 4) is 5.75 Å². The van der Waals surface area contributed by atoms with Crippen LogP contribution < -0.4 is 9.64 Å². The fraction of sp³-hybridized carbons (Fsp3) is 0.125. The van der Waals surface area contributed by atoms with Crippen LogP contribution in [0.1, 0.15) is 0 Å². The zero-order valence-corrected chi connectivity index (χ0v) is 13.4. The fourth-order valence-electron chi connectivity index (χ4n) is 2.27. The molecule has 4 heteroatoms. The van der Waals surface area contributed by atoms with Gasteiger partial charge in [-0.15, -0.1) is 0 Å². The van der Waals surface area contributed by atoms with Crippen LogP contribution in [0.3, 0.4) is 0 Å². The van der Waals surface area contributed by atoms with Gasteiger partial charge in [-0.05, 0) is 46.9 Å². The molecule has 0 aliphatic rings. The van der Waals surface area contributed by atoms with E-state index in [4.69, 9.17) is 9.15 Å². The van der Waals surface area contributed by atoms with E-state index in [2.05, 4.69) is 34.7 Å². The molecule has 0 fully saturated rings. The lowest BCUT2D eigenvalue weighted by Gasteiger charge is -2.20. The van der Waals surface area contributed by atoms with Crippen molar-refractivity contribution in [3.63, 3.8) is 0 Å². The van der Waals surface area contributed by atoms with Gasteiger partial charge < -0.3 is 14.1 Å². The van der Waals surface area contributed by atoms with Gasteiger partial charge in [-0.3, -0.25) is 0 Å². The van der Waals surface area contributed by atoms with Gasteiger partial charge in [0.15, 0.2) is 0 Å². The van der Waals surface area contributed by atoms with E-state index in [1.165, 1.54) is 0 Å². The first-order chi connectivity index (χ1) is 9.70. The molecule has 3 rings (SSSR count). The fourth-order valence-corrected chi connectivity index (χ4v) is 2.75. The van der Waals surface area contributed by atoms with Gasteiger partial charge in [0.1, 0.15) is 12.0 Å². The number of halogens is 1. The van der Waals surface area contributed by atoms with Crippen LogP contribution >= 0.6 is 22.6 Å². The maximum atomic E-state index is 5.74. The Kier molecular flexibility index (Phi) is 3.56. The smallest absolute Gasteiger partial charge is 0.207 e. The highest BCUT2D eigenvalue weighted by Crippen LogP contribution is 2.37. The Morgan fingerprint density at radius 3 is 2.75 bits per heavy atom. The van der Waals surface area contributed by atoms with Crippen LogP contribution in [0.15, 0.2) is 53.1 Å². The Labute approximate surface area is 131 Å². The molecule has 0 radical (unpaired) electrons. The van der Waals surface area contributed by atoms with Gasteiger partial charge in [0, 0.05) is 21.4 Å². The predicted molar refractivity (Wildman–Crippen MR) is 90.0 cm³/mol.